The van der Waals surface area contributed by atoms with Gasteiger partial charge in [-0.2, -0.15) is 0 Å². The van der Waals surface area contributed by atoms with Crippen LogP contribution >= 0.6 is 0 Å². The molecule has 1 N–H and O–H groups in total. The van der Waals surface area contributed by atoms with Gasteiger partial charge in [0, 0.05) is 31.9 Å². The molecule has 1 spiro atoms. The summed E-state index contributed by atoms with van der Waals surface area (Å²) in [5.41, 5.74) is 3.62. The molecule has 0 radical (unpaired) electrons. The van der Waals surface area contributed by atoms with Crippen molar-refractivity contribution in [1.82, 2.24) is 5.32 Å². The number of benzene rings is 1. The van der Waals surface area contributed by atoms with Crippen molar-refractivity contribution in [2.75, 3.05) is 31.1 Å². The minimum Gasteiger partial charge on any atom is -0.371 e. The smallest absolute Gasteiger partial charge is 0.0398 e. The van der Waals surface area contributed by atoms with Crippen molar-refractivity contribution in [3.63, 3.8) is 0 Å². The Hall–Kier alpha value is -1.02. The monoisotopic (exact) mass is 230 g/mol. The van der Waals surface area contributed by atoms with Gasteiger partial charge in [0.05, 0.1) is 0 Å². The lowest BCUT2D eigenvalue weighted by Gasteiger charge is -2.49. The van der Waals surface area contributed by atoms with E-state index in [9.17, 15) is 0 Å². The largest absolute Gasteiger partial charge is 0.371 e. The molecule has 2 saturated heterocycles. The summed E-state index contributed by atoms with van der Waals surface area (Å²) in [7, 11) is 0. The molecule has 2 heterocycles. The molecule has 2 nitrogen and oxygen atoms in total. The highest BCUT2D eigenvalue weighted by Crippen LogP contribution is 2.37. The number of hydrogen-bond donors (Lipinski definition) is 1. The van der Waals surface area contributed by atoms with Crippen molar-refractivity contribution in [2.45, 2.75) is 26.2 Å². The quantitative estimate of drug-likeness (QED) is 0.839. The van der Waals surface area contributed by atoms with Crippen LogP contribution in [0.2, 0.25) is 0 Å². The predicted molar refractivity (Wildman–Crippen MR) is 72.6 cm³/mol. The molecule has 0 aliphatic carbocycles. The number of nitrogens with one attached hydrogen (secondary N) is 1. The zero-order valence-corrected chi connectivity index (χ0v) is 10.7. The van der Waals surface area contributed by atoms with Crippen LogP contribution in [0.1, 0.15) is 25.3 Å². The molecule has 3 rings (SSSR count). The molecule has 1 aromatic rings. The Morgan fingerprint density at radius 3 is 2.47 bits per heavy atom. The van der Waals surface area contributed by atoms with Crippen LogP contribution < -0.4 is 10.2 Å². The van der Waals surface area contributed by atoms with Gasteiger partial charge in [-0.1, -0.05) is 25.1 Å². The van der Waals surface area contributed by atoms with Gasteiger partial charge < -0.3 is 10.2 Å². The maximum absolute atomic E-state index is 3.43. The minimum atomic E-state index is 0.650. The van der Waals surface area contributed by atoms with Crippen LogP contribution in [-0.4, -0.2) is 26.2 Å². The third-order valence-electron chi connectivity index (χ3n) is 4.54. The summed E-state index contributed by atoms with van der Waals surface area (Å²) in [6.45, 7) is 7.21. The Bertz CT molecular complexity index is 386. The zero-order valence-electron chi connectivity index (χ0n) is 10.7. The summed E-state index contributed by atoms with van der Waals surface area (Å²) in [5.74, 6) is 0. The molecule has 2 heteroatoms. The molecule has 0 amide bonds. The fourth-order valence-electron chi connectivity index (χ4n) is 3.17. The van der Waals surface area contributed by atoms with Gasteiger partial charge in [-0.25, -0.2) is 0 Å². The fourth-order valence-corrected chi connectivity index (χ4v) is 3.17. The highest BCUT2D eigenvalue weighted by atomic mass is 15.2. The van der Waals surface area contributed by atoms with Gasteiger partial charge in [0.15, 0.2) is 0 Å². The van der Waals surface area contributed by atoms with Crippen molar-refractivity contribution in [3.8, 4) is 0 Å². The Kier molecular flexibility index (Phi) is 2.83. The number of rotatable bonds is 2. The van der Waals surface area contributed by atoms with E-state index in [2.05, 4.69) is 41.4 Å². The maximum atomic E-state index is 3.43. The van der Waals surface area contributed by atoms with E-state index in [0.717, 1.165) is 6.42 Å². The van der Waals surface area contributed by atoms with Crippen molar-refractivity contribution >= 4 is 5.69 Å². The summed E-state index contributed by atoms with van der Waals surface area (Å²) in [4.78, 5) is 2.59. The topological polar surface area (TPSA) is 15.3 Å². The summed E-state index contributed by atoms with van der Waals surface area (Å²) < 4.78 is 0. The number of aryl methyl sites for hydroxylation is 1. The van der Waals surface area contributed by atoms with Gasteiger partial charge in [-0.15, -0.1) is 0 Å². The fraction of sp³-hybridized carbons (Fsp3) is 0.600. The van der Waals surface area contributed by atoms with Crippen molar-refractivity contribution in [1.29, 1.82) is 0 Å². The molecule has 2 fully saturated rings. The van der Waals surface area contributed by atoms with E-state index >= 15 is 0 Å². The lowest BCUT2D eigenvalue weighted by molar-refractivity contribution is 0.126. The van der Waals surface area contributed by atoms with Crippen molar-refractivity contribution in [2.24, 2.45) is 5.41 Å². The molecule has 0 unspecified atom stereocenters. The van der Waals surface area contributed by atoms with E-state index in [1.54, 1.807) is 0 Å². The standard InChI is InChI=1S/C15H22N2/c1-2-13-5-3-4-6-14(13)17-9-7-15(8-10-17)11-16-12-15/h3-6,16H,2,7-12H2,1H3. The van der Waals surface area contributed by atoms with Crippen LogP contribution in [0.15, 0.2) is 24.3 Å². The summed E-state index contributed by atoms with van der Waals surface area (Å²) >= 11 is 0. The van der Waals surface area contributed by atoms with Crippen LogP contribution in [0.3, 0.4) is 0 Å². The van der Waals surface area contributed by atoms with Gasteiger partial charge in [-0.05, 0) is 36.3 Å². The molecule has 1 aromatic carbocycles. The molecule has 0 saturated carbocycles. The van der Waals surface area contributed by atoms with Crippen LogP contribution in [0.25, 0.3) is 0 Å². The van der Waals surface area contributed by atoms with E-state index in [-0.39, 0.29) is 0 Å². The molecule has 17 heavy (non-hydrogen) atoms. The molecular formula is C15H22N2. The molecule has 0 bridgehead atoms. The normalized spacial score (nSPS) is 22.5. The highest BCUT2D eigenvalue weighted by molar-refractivity contribution is 5.54. The Labute approximate surface area is 104 Å². The van der Waals surface area contributed by atoms with E-state index < -0.39 is 0 Å². The van der Waals surface area contributed by atoms with E-state index in [4.69, 9.17) is 0 Å². The summed E-state index contributed by atoms with van der Waals surface area (Å²) in [6, 6.07) is 8.88. The van der Waals surface area contributed by atoms with E-state index in [0.29, 0.717) is 5.41 Å². The Balaban J connectivity index is 1.73. The molecule has 2 aliphatic rings. The average Bonchev–Trinajstić information content (AvgIpc) is 2.37. The van der Waals surface area contributed by atoms with E-state index in [1.807, 2.05) is 0 Å². The lowest BCUT2D eigenvalue weighted by atomic mass is 9.73. The number of hydrogen-bond acceptors (Lipinski definition) is 2. The number of para-hydroxylation sites is 1. The first-order valence-electron chi connectivity index (χ1n) is 6.87. The van der Waals surface area contributed by atoms with Crippen molar-refractivity contribution < 1.29 is 0 Å². The second-order valence-electron chi connectivity index (χ2n) is 5.57. The number of anilines is 1. The van der Waals surface area contributed by atoms with Crippen LogP contribution in [0, 0.1) is 5.41 Å². The van der Waals surface area contributed by atoms with Gasteiger partial charge in [0.1, 0.15) is 0 Å². The Morgan fingerprint density at radius 2 is 1.88 bits per heavy atom. The van der Waals surface area contributed by atoms with Gasteiger partial charge in [-0.3, -0.25) is 0 Å². The molecule has 0 atom stereocenters. The van der Waals surface area contributed by atoms with Gasteiger partial charge in [0.2, 0.25) is 0 Å². The third-order valence-corrected chi connectivity index (χ3v) is 4.54. The first kappa shape index (κ1) is 11.1. The highest BCUT2D eigenvalue weighted by Gasteiger charge is 2.39. The minimum absolute atomic E-state index is 0.650. The third kappa shape index (κ3) is 1.95. The predicted octanol–water partition coefficient (Wildman–Crippen LogP) is 2.44. The zero-order chi connectivity index (χ0) is 11.7. The Morgan fingerprint density at radius 1 is 1.18 bits per heavy atom. The first-order valence-corrected chi connectivity index (χ1v) is 6.87. The first-order chi connectivity index (χ1) is 8.33. The van der Waals surface area contributed by atoms with Gasteiger partial charge in [0.25, 0.3) is 0 Å². The summed E-state index contributed by atoms with van der Waals surface area (Å²) in [5, 5.41) is 3.43. The molecule has 0 aromatic heterocycles. The maximum Gasteiger partial charge on any atom is 0.0398 e. The summed E-state index contributed by atoms with van der Waals surface area (Å²) in [6.07, 6.45) is 3.86. The van der Waals surface area contributed by atoms with Crippen LogP contribution in [0.5, 0.6) is 0 Å². The van der Waals surface area contributed by atoms with E-state index in [1.165, 1.54) is 50.3 Å². The number of nitrogens with zero attached hydrogens (tertiary/aromatic N) is 1. The van der Waals surface area contributed by atoms with Crippen LogP contribution in [0.4, 0.5) is 5.69 Å². The molecule has 2 aliphatic heterocycles. The van der Waals surface area contributed by atoms with Crippen molar-refractivity contribution in [3.05, 3.63) is 29.8 Å². The van der Waals surface area contributed by atoms with Crippen LogP contribution in [-0.2, 0) is 6.42 Å². The lowest BCUT2D eigenvalue weighted by Crippen LogP contribution is -2.58. The second kappa shape index (κ2) is 4.34. The average molecular weight is 230 g/mol. The number of piperidine rings is 1. The van der Waals surface area contributed by atoms with Gasteiger partial charge >= 0.3 is 0 Å². The molecular weight excluding hydrogens is 208 g/mol. The SMILES string of the molecule is CCc1ccccc1N1CCC2(CC1)CNC2. The second-order valence-corrected chi connectivity index (χ2v) is 5.57. The molecule has 92 valence electrons.